The Morgan fingerprint density at radius 2 is 1.58 bits per heavy atom. The summed E-state index contributed by atoms with van der Waals surface area (Å²) in [6, 6.07) is 4.77. The molecule has 1 unspecified atom stereocenters. The van der Waals surface area contributed by atoms with Crippen molar-refractivity contribution in [1.82, 2.24) is 0 Å². The number of benzene rings is 2. The Hall–Kier alpha value is -1.64. The van der Waals surface area contributed by atoms with E-state index in [1.807, 2.05) is 0 Å². The number of ether oxygens (including phenoxy) is 1. The Kier molecular flexibility index (Phi) is 8.16. The first kappa shape index (κ1) is 25.6. The predicted octanol–water partition coefficient (Wildman–Crippen LogP) is 8.12. The van der Waals surface area contributed by atoms with Gasteiger partial charge in [0.05, 0.1) is 38.7 Å². The molecule has 0 aliphatic rings. The maximum absolute atomic E-state index is 13.6. The van der Waals surface area contributed by atoms with Gasteiger partial charge in [0.25, 0.3) is 0 Å². The number of hydrogen-bond acceptors (Lipinski definition) is 2. The van der Waals surface area contributed by atoms with Gasteiger partial charge in [-0.15, -0.1) is 0 Å². The lowest BCUT2D eigenvalue weighted by molar-refractivity contribution is -0.151. The molecule has 11 heteroatoms. The highest BCUT2D eigenvalue weighted by molar-refractivity contribution is 6.48. The fourth-order valence-electron chi connectivity index (χ4n) is 2.97. The van der Waals surface area contributed by atoms with E-state index in [1.165, 1.54) is 6.92 Å². The molecule has 0 aliphatic carbocycles. The van der Waals surface area contributed by atoms with E-state index >= 15 is 0 Å². The average Bonchev–Trinajstić information content (AvgIpc) is 2.64. The van der Waals surface area contributed by atoms with Crippen molar-refractivity contribution in [3.05, 3.63) is 67.7 Å². The van der Waals surface area contributed by atoms with Crippen LogP contribution >= 0.6 is 34.8 Å². The monoisotopic (exact) mass is 506 g/mol. The van der Waals surface area contributed by atoms with Crippen molar-refractivity contribution in [3.63, 3.8) is 0 Å². The molecule has 0 radical (unpaired) electrons. The summed E-state index contributed by atoms with van der Waals surface area (Å²) in [6.45, 7) is 1.31. The van der Waals surface area contributed by atoms with Crippen LogP contribution in [0.3, 0.4) is 0 Å². The molecular formula is C20H15Cl3F6O2. The van der Waals surface area contributed by atoms with Crippen molar-refractivity contribution in [2.24, 2.45) is 0 Å². The second kappa shape index (κ2) is 9.88. The summed E-state index contributed by atoms with van der Waals surface area (Å²) in [7, 11) is 0. The van der Waals surface area contributed by atoms with Crippen LogP contribution in [-0.4, -0.2) is 18.8 Å². The number of esters is 1. The lowest BCUT2D eigenvalue weighted by Gasteiger charge is -2.22. The molecule has 0 spiro atoms. The van der Waals surface area contributed by atoms with E-state index < -0.39 is 41.8 Å². The zero-order valence-electron chi connectivity index (χ0n) is 15.8. The van der Waals surface area contributed by atoms with E-state index in [-0.39, 0.29) is 39.2 Å². The molecule has 2 aromatic rings. The highest BCUT2D eigenvalue weighted by Gasteiger charge is 2.41. The minimum Gasteiger partial charge on any atom is -0.462 e. The molecule has 2 rings (SSSR count). The van der Waals surface area contributed by atoms with Gasteiger partial charge in [-0.1, -0.05) is 40.9 Å². The van der Waals surface area contributed by atoms with Crippen molar-refractivity contribution in [1.29, 1.82) is 0 Å². The van der Waals surface area contributed by atoms with Crippen LogP contribution in [0.1, 0.15) is 46.3 Å². The number of carbonyl (C=O) groups is 1. The third kappa shape index (κ3) is 6.43. The molecule has 0 saturated carbocycles. The average molecular weight is 508 g/mol. The van der Waals surface area contributed by atoms with Crippen LogP contribution in [0, 0.1) is 0 Å². The van der Waals surface area contributed by atoms with Crippen LogP contribution in [-0.2, 0) is 17.3 Å². The number of halogens is 9. The summed E-state index contributed by atoms with van der Waals surface area (Å²) in [4.78, 5) is 11.8. The highest BCUT2D eigenvalue weighted by Crippen LogP contribution is 2.42. The molecule has 0 heterocycles. The topological polar surface area (TPSA) is 26.3 Å². The molecular weight excluding hydrogens is 493 g/mol. The van der Waals surface area contributed by atoms with E-state index in [1.54, 1.807) is 0 Å². The third-order valence-corrected chi connectivity index (χ3v) is 5.61. The minimum absolute atomic E-state index is 0.0271. The van der Waals surface area contributed by atoms with E-state index in [2.05, 4.69) is 4.74 Å². The lowest BCUT2D eigenvalue weighted by Crippen LogP contribution is -2.22. The van der Waals surface area contributed by atoms with Gasteiger partial charge in [0.1, 0.15) is 0 Å². The molecule has 0 aliphatic heterocycles. The first-order valence-electron chi connectivity index (χ1n) is 8.84. The zero-order chi connectivity index (χ0) is 23.6. The Labute approximate surface area is 189 Å². The van der Waals surface area contributed by atoms with Crippen molar-refractivity contribution in [2.75, 3.05) is 6.61 Å². The van der Waals surface area contributed by atoms with Gasteiger partial charge in [0, 0.05) is 0 Å². The zero-order valence-corrected chi connectivity index (χ0v) is 18.1. The van der Waals surface area contributed by atoms with Crippen molar-refractivity contribution < 1.29 is 35.9 Å². The molecule has 170 valence electrons. The van der Waals surface area contributed by atoms with Crippen LogP contribution in [0.2, 0.25) is 15.1 Å². The number of alkyl halides is 6. The van der Waals surface area contributed by atoms with Crippen LogP contribution in [0.15, 0.2) is 30.3 Å². The van der Waals surface area contributed by atoms with E-state index in [4.69, 9.17) is 34.8 Å². The Bertz CT molecular complexity index is 934. The lowest BCUT2D eigenvalue weighted by atomic mass is 9.91. The molecule has 2 nitrogen and oxygen atoms in total. The summed E-state index contributed by atoms with van der Waals surface area (Å²) in [6.07, 6.45) is -10.5. The van der Waals surface area contributed by atoms with Gasteiger partial charge in [-0.3, -0.25) is 0 Å². The second-order valence-corrected chi connectivity index (χ2v) is 7.72. The SMILES string of the molecule is CCOC(=O)c1ccc(CCC(c2cc(Cl)c(Cl)c(Cl)c2)C(F)(F)F)cc1C(F)(F)F. The summed E-state index contributed by atoms with van der Waals surface area (Å²) < 4.78 is 85.7. The molecule has 2 aromatic carbocycles. The second-order valence-electron chi connectivity index (χ2n) is 6.53. The van der Waals surface area contributed by atoms with Gasteiger partial charge < -0.3 is 4.74 Å². The maximum Gasteiger partial charge on any atom is 0.417 e. The summed E-state index contributed by atoms with van der Waals surface area (Å²) in [5, 5.41) is -0.439. The normalized spacial score (nSPS) is 13.2. The quantitative estimate of drug-likeness (QED) is 0.224. The molecule has 0 bridgehead atoms. The van der Waals surface area contributed by atoms with Gasteiger partial charge in [0.15, 0.2) is 0 Å². The number of carbonyl (C=O) groups excluding carboxylic acids is 1. The van der Waals surface area contributed by atoms with Crippen molar-refractivity contribution in [3.8, 4) is 0 Å². The number of rotatable bonds is 6. The van der Waals surface area contributed by atoms with E-state index in [0.29, 0.717) is 6.07 Å². The Morgan fingerprint density at radius 1 is 1.00 bits per heavy atom. The largest absolute Gasteiger partial charge is 0.462 e. The summed E-state index contributed by atoms with van der Waals surface area (Å²) in [5.41, 5.74) is -2.27. The Morgan fingerprint density at radius 3 is 2.06 bits per heavy atom. The summed E-state index contributed by atoms with van der Waals surface area (Å²) in [5.74, 6) is -3.21. The number of hydrogen-bond donors (Lipinski definition) is 0. The molecule has 0 N–H and O–H groups in total. The van der Waals surface area contributed by atoms with Gasteiger partial charge in [-0.2, -0.15) is 26.3 Å². The standard InChI is InChI=1S/C20H15Cl3F6O2/c1-2-31-18(30)12-5-3-10(7-14(12)20(27,28)29)4-6-13(19(24,25)26)11-8-15(21)17(23)16(22)9-11/h3,5,7-9,13H,2,4,6H2,1H3. The van der Waals surface area contributed by atoms with Gasteiger partial charge in [-0.05, 0) is 55.2 Å². The molecule has 0 amide bonds. The van der Waals surface area contributed by atoms with Crippen molar-refractivity contribution >= 4 is 40.8 Å². The molecule has 0 fully saturated rings. The first-order chi connectivity index (χ1) is 14.3. The van der Waals surface area contributed by atoms with Gasteiger partial charge in [0.2, 0.25) is 0 Å². The van der Waals surface area contributed by atoms with Gasteiger partial charge >= 0.3 is 18.3 Å². The fourth-order valence-corrected chi connectivity index (χ4v) is 3.59. The Balaban J connectivity index is 2.37. The smallest absolute Gasteiger partial charge is 0.417 e. The van der Waals surface area contributed by atoms with Crippen LogP contribution < -0.4 is 0 Å². The van der Waals surface area contributed by atoms with E-state index in [0.717, 1.165) is 24.3 Å². The van der Waals surface area contributed by atoms with Gasteiger partial charge in [-0.25, -0.2) is 4.79 Å². The summed E-state index contributed by atoms with van der Waals surface area (Å²) >= 11 is 17.4. The van der Waals surface area contributed by atoms with E-state index in [9.17, 15) is 31.1 Å². The fraction of sp³-hybridized carbons (Fsp3) is 0.350. The van der Waals surface area contributed by atoms with Crippen LogP contribution in [0.5, 0.6) is 0 Å². The van der Waals surface area contributed by atoms with Crippen LogP contribution in [0.25, 0.3) is 0 Å². The third-order valence-electron chi connectivity index (χ3n) is 4.41. The molecule has 1 atom stereocenters. The minimum atomic E-state index is -4.89. The molecule has 31 heavy (non-hydrogen) atoms. The van der Waals surface area contributed by atoms with Crippen molar-refractivity contribution in [2.45, 2.75) is 38.0 Å². The predicted molar refractivity (Wildman–Crippen MR) is 106 cm³/mol. The first-order valence-corrected chi connectivity index (χ1v) is 9.97. The van der Waals surface area contributed by atoms with Crippen LogP contribution in [0.4, 0.5) is 26.3 Å². The number of aryl methyl sites for hydroxylation is 1. The molecule has 0 aromatic heterocycles. The maximum atomic E-state index is 13.6. The highest BCUT2D eigenvalue weighted by atomic mass is 35.5. The molecule has 0 saturated heterocycles.